The molecular weight excluding hydrogens is 320 g/mol. The maximum atomic E-state index is 12.3. The number of carbonyl (C=O) groups is 3. The first-order chi connectivity index (χ1) is 10.8. The molecule has 3 atom stereocenters. The molecule has 1 aromatic carbocycles. The van der Waals surface area contributed by atoms with Gasteiger partial charge in [0, 0.05) is 11.3 Å². The van der Waals surface area contributed by atoms with E-state index in [2.05, 4.69) is 5.32 Å². The topological polar surface area (TPSA) is 104 Å². The summed E-state index contributed by atoms with van der Waals surface area (Å²) in [6.07, 6.45) is 0. The molecule has 0 aliphatic carbocycles. The Bertz CT molecular complexity index is 801. The summed E-state index contributed by atoms with van der Waals surface area (Å²) >= 11 is 0. The Morgan fingerprint density at radius 2 is 1.91 bits per heavy atom. The normalized spacial score (nSPS) is 26.7. The number of fused-ring (bicyclic) bond motifs is 1. The quantitative estimate of drug-likeness (QED) is 0.784. The molecule has 0 aromatic heterocycles. The van der Waals surface area contributed by atoms with Crippen LogP contribution < -0.4 is 5.32 Å². The van der Waals surface area contributed by atoms with Crippen LogP contribution >= 0.6 is 0 Å². The summed E-state index contributed by atoms with van der Waals surface area (Å²) in [5, 5.41) is 10.5. The predicted octanol–water partition coefficient (Wildman–Crippen LogP) is 0.591. The second kappa shape index (κ2) is 5.31. The van der Waals surface area contributed by atoms with Crippen molar-refractivity contribution in [3.05, 3.63) is 41.1 Å². The van der Waals surface area contributed by atoms with Gasteiger partial charge in [-0.1, -0.05) is 18.2 Å². The molecule has 8 heteroatoms. The third-order valence-electron chi connectivity index (χ3n) is 4.01. The number of β-lactam (4-membered cyclic amide) rings is 1. The van der Waals surface area contributed by atoms with Crippen LogP contribution in [0.15, 0.2) is 35.5 Å². The molecule has 2 aliphatic rings. The average Bonchev–Trinajstić information content (AvgIpc) is 2.51. The van der Waals surface area contributed by atoms with Gasteiger partial charge in [-0.15, -0.1) is 0 Å². The SMILES string of the molecule is CC1=C(C(=O)O)N2C(=O)[C@@H](Nc3ccccc3C)[C@@H]2S(=O)C1=O. The Balaban J connectivity index is 1.96. The zero-order valence-electron chi connectivity index (χ0n) is 12.4. The van der Waals surface area contributed by atoms with Crippen molar-refractivity contribution in [3.63, 3.8) is 0 Å². The van der Waals surface area contributed by atoms with E-state index in [-0.39, 0.29) is 11.3 Å². The summed E-state index contributed by atoms with van der Waals surface area (Å²) in [6.45, 7) is 3.12. The number of rotatable bonds is 3. The van der Waals surface area contributed by atoms with Crippen LogP contribution in [0.3, 0.4) is 0 Å². The van der Waals surface area contributed by atoms with E-state index >= 15 is 0 Å². The maximum absolute atomic E-state index is 12.3. The van der Waals surface area contributed by atoms with Crippen LogP contribution in [0.5, 0.6) is 0 Å². The van der Waals surface area contributed by atoms with Gasteiger partial charge in [0.05, 0.1) is 0 Å². The number of nitrogens with zero attached hydrogens (tertiary/aromatic N) is 1. The minimum atomic E-state index is -1.99. The van der Waals surface area contributed by atoms with Gasteiger partial charge in [-0.05, 0) is 25.5 Å². The molecule has 2 N–H and O–H groups in total. The molecule has 1 fully saturated rings. The number of carbonyl (C=O) groups excluding carboxylic acids is 2. The highest BCUT2D eigenvalue weighted by Gasteiger charge is 2.58. The van der Waals surface area contributed by atoms with Crippen LogP contribution in [0, 0.1) is 6.92 Å². The number of hydrogen-bond acceptors (Lipinski definition) is 5. The number of nitrogens with one attached hydrogen (secondary N) is 1. The number of hydrogen-bond donors (Lipinski definition) is 2. The van der Waals surface area contributed by atoms with Crippen molar-refractivity contribution < 1.29 is 23.7 Å². The molecule has 0 spiro atoms. The van der Waals surface area contributed by atoms with E-state index in [1.54, 1.807) is 12.1 Å². The molecule has 2 aliphatic heterocycles. The van der Waals surface area contributed by atoms with E-state index < -0.39 is 39.2 Å². The molecule has 0 bridgehead atoms. The third kappa shape index (κ3) is 2.17. The summed E-state index contributed by atoms with van der Waals surface area (Å²) < 4.78 is 12.3. The molecule has 23 heavy (non-hydrogen) atoms. The molecule has 0 saturated carbocycles. The highest BCUT2D eigenvalue weighted by molar-refractivity contribution is 8.01. The van der Waals surface area contributed by atoms with E-state index in [4.69, 9.17) is 0 Å². The van der Waals surface area contributed by atoms with Crippen molar-refractivity contribution >= 4 is 33.5 Å². The number of para-hydroxylation sites is 1. The van der Waals surface area contributed by atoms with Gasteiger partial charge < -0.3 is 10.4 Å². The molecule has 1 aromatic rings. The largest absolute Gasteiger partial charge is 0.477 e. The molecule has 2 heterocycles. The molecular formula is C15H14N2O5S. The van der Waals surface area contributed by atoms with Gasteiger partial charge >= 0.3 is 5.97 Å². The van der Waals surface area contributed by atoms with Crippen LogP contribution in [0.2, 0.25) is 0 Å². The van der Waals surface area contributed by atoms with Gasteiger partial charge in [0.15, 0.2) is 0 Å². The lowest BCUT2D eigenvalue weighted by atomic mass is 10.0. The summed E-state index contributed by atoms with van der Waals surface area (Å²) in [4.78, 5) is 36.7. The lowest BCUT2D eigenvalue weighted by Gasteiger charge is -2.48. The Morgan fingerprint density at radius 1 is 1.26 bits per heavy atom. The van der Waals surface area contributed by atoms with E-state index in [1.807, 2.05) is 19.1 Å². The van der Waals surface area contributed by atoms with Crippen LogP contribution in [0.25, 0.3) is 0 Å². The van der Waals surface area contributed by atoms with Gasteiger partial charge in [0.2, 0.25) is 5.12 Å². The second-order valence-electron chi connectivity index (χ2n) is 5.40. The molecule has 3 rings (SSSR count). The van der Waals surface area contributed by atoms with Crippen LogP contribution in [0.4, 0.5) is 5.69 Å². The monoisotopic (exact) mass is 334 g/mol. The molecule has 1 saturated heterocycles. The van der Waals surface area contributed by atoms with Crippen LogP contribution in [-0.2, 0) is 25.2 Å². The number of aryl methyl sites for hydroxylation is 1. The summed E-state index contributed by atoms with van der Waals surface area (Å²) in [7, 11) is -1.99. The average molecular weight is 334 g/mol. The zero-order valence-corrected chi connectivity index (χ0v) is 13.2. The fourth-order valence-electron chi connectivity index (χ4n) is 2.76. The van der Waals surface area contributed by atoms with Gasteiger partial charge in [-0.2, -0.15) is 0 Å². The number of benzene rings is 1. The number of carboxylic acid groups (broad SMARTS) is 1. The Hall–Kier alpha value is -2.48. The molecule has 7 nitrogen and oxygen atoms in total. The number of amides is 1. The number of anilines is 1. The molecule has 1 unspecified atom stereocenters. The fraction of sp³-hybridized carbons (Fsp3) is 0.267. The summed E-state index contributed by atoms with van der Waals surface area (Å²) in [5.74, 6) is -1.88. The standard InChI is InChI=1S/C15H14N2O5S/c1-7-5-3-4-6-9(7)16-10-12(18)17-11(14(19)20)8(2)15(21)23(22)13(10)17/h3-6,10,13,16H,1-2H3,(H,19,20)/t10-,13+,23?/m1/s1. The minimum absolute atomic E-state index is 0.158. The molecule has 120 valence electrons. The fourth-order valence-corrected chi connectivity index (χ4v) is 4.21. The van der Waals surface area contributed by atoms with Gasteiger partial charge in [0.1, 0.15) is 27.9 Å². The summed E-state index contributed by atoms with van der Waals surface area (Å²) in [5.41, 5.74) is 1.03. The van der Waals surface area contributed by atoms with Gasteiger partial charge in [-0.3, -0.25) is 14.5 Å². The van der Waals surface area contributed by atoms with Crippen molar-refractivity contribution in [1.29, 1.82) is 0 Å². The van der Waals surface area contributed by atoms with Gasteiger partial charge in [-0.25, -0.2) is 9.00 Å². The number of carboxylic acids is 1. The zero-order chi connectivity index (χ0) is 16.9. The van der Waals surface area contributed by atoms with E-state index in [0.29, 0.717) is 5.69 Å². The predicted molar refractivity (Wildman–Crippen MR) is 82.7 cm³/mol. The lowest BCUT2D eigenvalue weighted by Crippen LogP contribution is -2.71. The van der Waals surface area contributed by atoms with Crippen molar-refractivity contribution in [1.82, 2.24) is 4.90 Å². The van der Waals surface area contributed by atoms with E-state index in [9.17, 15) is 23.7 Å². The lowest BCUT2D eigenvalue weighted by molar-refractivity contribution is -0.147. The molecule has 0 radical (unpaired) electrons. The first-order valence-electron chi connectivity index (χ1n) is 6.89. The Kier molecular flexibility index (Phi) is 3.56. The van der Waals surface area contributed by atoms with E-state index in [1.165, 1.54) is 6.92 Å². The summed E-state index contributed by atoms with van der Waals surface area (Å²) in [6, 6.07) is 6.35. The van der Waals surface area contributed by atoms with Crippen molar-refractivity contribution in [2.45, 2.75) is 25.3 Å². The first-order valence-corrected chi connectivity index (χ1v) is 8.10. The Labute approximate surface area is 134 Å². The smallest absolute Gasteiger partial charge is 0.353 e. The Morgan fingerprint density at radius 3 is 2.52 bits per heavy atom. The number of aliphatic carboxylic acids is 1. The van der Waals surface area contributed by atoms with Gasteiger partial charge in [0.25, 0.3) is 5.91 Å². The highest BCUT2D eigenvalue weighted by Crippen LogP contribution is 2.37. The van der Waals surface area contributed by atoms with Crippen molar-refractivity contribution in [3.8, 4) is 0 Å². The maximum Gasteiger partial charge on any atom is 0.353 e. The molecule has 1 amide bonds. The van der Waals surface area contributed by atoms with Crippen molar-refractivity contribution in [2.75, 3.05) is 5.32 Å². The highest BCUT2D eigenvalue weighted by atomic mass is 32.2. The van der Waals surface area contributed by atoms with E-state index in [0.717, 1.165) is 10.5 Å². The third-order valence-corrected chi connectivity index (χ3v) is 5.60. The second-order valence-corrected chi connectivity index (χ2v) is 6.85. The van der Waals surface area contributed by atoms with Crippen LogP contribution in [-0.4, -0.2) is 42.6 Å². The van der Waals surface area contributed by atoms with Crippen LogP contribution in [0.1, 0.15) is 12.5 Å². The first kappa shape index (κ1) is 15.4. The van der Waals surface area contributed by atoms with Crippen molar-refractivity contribution in [2.24, 2.45) is 0 Å². The minimum Gasteiger partial charge on any atom is -0.477 e.